The van der Waals surface area contributed by atoms with E-state index < -0.39 is 10.0 Å². The number of para-hydroxylation sites is 2. The second-order valence-electron chi connectivity index (χ2n) is 5.97. The molecule has 2 aromatic carbocycles. The van der Waals surface area contributed by atoms with Gasteiger partial charge in [-0.15, -0.1) is 0 Å². The average molecular weight is 386 g/mol. The number of imidazole rings is 1. The first kappa shape index (κ1) is 19.1. The van der Waals surface area contributed by atoms with Gasteiger partial charge in [0.25, 0.3) is 5.91 Å². The van der Waals surface area contributed by atoms with Crippen molar-refractivity contribution in [2.75, 3.05) is 6.54 Å². The Bertz CT molecular complexity index is 1060. The van der Waals surface area contributed by atoms with Crippen LogP contribution in [0.5, 0.6) is 0 Å². The number of hydrogen-bond donors (Lipinski definition) is 2. The number of hydrogen-bond acceptors (Lipinski definition) is 4. The lowest BCUT2D eigenvalue weighted by atomic mass is 10.2. The summed E-state index contributed by atoms with van der Waals surface area (Å²) in [6, 6.07) is 13.7. The fourth-order valence-corrected chi connectivity index (χ4v) is 3.97. The number of rotatable bonds is 7. The predicted octanol–water partition coefficient (Wildman–Crippen LogP) is 2.28. The Labute approximate surface area is 158 Å². The van der Waals surface area contributed by atoms with Crippen molar-refractivity contribution in [3.8, 4) is 0 Å². The molecular formula is C19H22N4O3S. The molecule has 0 aliphatic heterocycles. The molecule has 2 N–H and O–H groups in total. The summed E-state index contributed by atoms with van der Waals surface area (Å²) < 4.78 is 28.4. The smallest absolute Gasteiger partial charge is 0.251 e. The summed E-state index contributed by atoms with van der Waals surface area (Å²) >= 11 is 0. The molecule has 7 nitrogen and oxygen atoms in total. The summed E-state index contributed by atoms with van der Waals surface area (Å²) in [4.78, 5) is 17.1. The zero-order chi connectivity index (χ0) is 19.4. The quantitative estimate of drug-likeness (QED) is 0.651. The summed E-state index contributed by atoms with van der Waals surface area (Å²) in [5, 5.41) is 2.85. The third-order valence-corrected chi connectivity index (χ3v) is 5.78. The first-order valence-corrected chi connectivity index (χ1v) is 10.3. The second-order valence-corrected chi connectivity index (χ2v) is 7.74. The van der Waals surface area contributed by atoms with Crippen LogP contribution < -0.4 is 10.0 Å². The molecular weight excluding hydrogens is 364 g/mol. The molecule has 3 rings (SSSR count). The SMILES string of the molecule is CCNS(=O)(=O)c1ccc(C(=O)NCc2nc3ccccc3n2CC)cc1. The van der Waals surface area contributed by atoms with Gasteiger partial charge in [-0.25, -0.2) is 18.1 Å². The van der Waals surface area contributed by atoms with Gasteiger partial charge in [0.1, 0.15) is 5.82 Å². The fraction of sp³-hybridized carbons (Fsp3) is 0.263. The molecule has 0 atom stereocenters. The normalized spacial score (nSPS) is 11.6. The highest BCUT2D eigenvalue weighted by atomic mass is 32.2. The largest absolute Gasteiger partial charge is 0.345 e. The molecule has 0 unspecified atom stereocenters. The number of sulfonamides is 1. The Hall–Kier alpha value is -2.71. The Kier molecular flexibility index (Phi) is 5.57. The number of carbonyl (C=O) groups excluding carboxylic acids is 1. The topological polar surface area (TPSA) is 93.1 Å². The molecule has 27 heavy (non-hydrogen) atoms. The number of nitrogens with one attached hydrogen (secondary N) is 2. The molecule has 0 radical (unpaired) electrons. The number of amides is 1. The van der Waals surface area contributed by atoms with Gasteiger partial charge in [0, 0.05) is 18.7 Å². The Balaban J connectivity index is 1.73. The third-order valence-electron chi connectivity index (χ3n) is 4.22. The van der Waals surface area contributed by atoms with Crippen molar-refractivity contribution in [2.24, 2.45) is 0 Å². The molecule has 142 valence electrons. The van der Waals surface area contributed by atoms with E-state index in [0.29, 0.717) is 18.7 Å². The van der Waals surface area contributed by atoms with Gasteiger partial charge in [0.2, 0.25) is 10.0 Å². The van der Waals surface area contributed by atoms with Crippen molar-refractivity contribution in [3.05, 3.63) is 59.9 Å². The monoisotopic (exact) mass is 386 g/mol. The summed E-state index contributed by atoms with van der Waals surface area (Å²) in [7, 11) is -3.53. The van der Waals surface area contributed by atoms with E-state index in [1.54, 1.807) is 6.92 Å². The van der Waals surface area contributed by atoms with Crippen molar-refractivity contribution in [3.63, 3.8) is 0 Å². The van der Waals surface area contributed by atoms with Crippen molar-refractivity contribution in [2.45, 2.75) is 31.8 Å². The molecule has 0 aliphatic rings. The lowest BCUT2D eigenvalue weighted by molar-refractivity contribution is 0.0949. The Morgan fingerprint density at radius 2 is 1.78 bits per heavy atom. The van der Waals surface area contributed by atoms with Crippen LogP contribution in [-0.2, 0) is 23.1 Å². The molecule has 8 heteroatoms. The van der Waals surface area contributed by atoms with Gasteiger partial charge in [0.05, 0.1) is 22.5 Å². The second kappa shape index (κ2) is 7.89. The molecule has 0 bridgehead atoms. The maximum absolute atomic E-state index is 12.4. The molecule has 0 aliphatic carbocycles. The molecule has 0 fully saturated rings. The summed E-state index contributed by atoms with van der Waals surface area (Å²) in [6.45, 7) is 5.09. The molecule has 0 saturated heterocycles. The van der Waals surface area contributed by atoms with Gasteiger partial charge < -0.3 is 9.88 Å². The minimum absolute atomic E-state index is 0.133. The fourth-order valence-electron chi connectivity index (χ4n) is 2.93. The van der Waals surface area contributed by atoms with Gasteiger partial charge in [-0.1, -0.05) is 19.1 Å². The number of aromatic nitrogens is 2. The Morgan fingerprint density at radius 3 is 2.44 bits per heavy atom. The van der Waals surface area contributed by atoms with Crippen LogP contribution in [-0.4, -0.2) is 30.4 Å². The first-order valence-electron chi connectivity index (χ1n) is 8.78. The van der Waals surface area contributed by atoms with E-state index in [9.17, 15) is 13.2 Å². The average Bonchev–Trinajstić information content (AvgIpc) is 3.03. The minimum Gasteiger partial charge on any atom is -0.345 e. The summed E-state index contributed by atoms with van der Waals surface area (Å²) in [5.41, 5.74) is 2.31. The summed E-state index contributed by atoms with van der Waals surface area (Å²) in [6.07, 6.45) is 0. The van der Waals surface area contributed by atoms with Crippen LogP contribution in [0.4, 0.5) is 0 Å². The van der Waals surface area contributed by atoms with Gasteiger partial charge >= 0.3 is 0 Å². The highest BCUT2D eigenvalue weighted by molar-refractivity contribution is 7.89. The maximum atomic E-state index is 12.4. The molecule has 0 saturated carbocycles. The van der Waals surface area contributed by atoms with Gasteiger partial charge in [-0.3, -0.25) is 4.79 Å². The standard InChI is InChI=1S/C19H22N4O3S/c1-3-21-27(25,26)15-11-9-14(10-12-15)19(24)20-13-18-22-16-7-5-6-8-17(16)23(18)4-2/h5-12,21H,3-4,13H2,1-2H3,(H,20,24). The molecule has 1 aromatic heterocycles. The zero-order valence-electron chi connectivity index (χ0n) is 15.3. The lowest BCUT2D eigenvalue weighted by Crippen LogP contribution is -2.25. The van der Waals surface area contributed by atoms with Crippen molar-refractivity contribution < 1.29 is 13.2 Å². The van der Waals surface area contributed by atoms with E-state index in [0.717, 1.165) is 23.4 Å². The van der Waals surface area contributed by atoms with Crippen LogP contribution >= 0.6 is 0 Å². The maximum Gasteiger partial charge on any atom is 0.251 e. The van der Waals surface area contributed by atoms with Crippen LogP contribution in [0.3, 0.4) is 0 Å². The van der Waals surface area contributed by atoms with Gasteiger partial charge in [0.15, 0.2) is 0 Å². The van der Waals surface area contributed by atoms with E-state index in [2.05, 4.69) is 19.6 Å². The highest BCUT2D eigenvalue weighted by Crippen LogP contribution is 2.16. The number of aryl methyl sites for hydroxylation is 1. The van der Waals surface area contributed by atoms with Crippen molar-refractivity contribution in [1.82, 2.24) is 19.6 Å². The van der Waals surface area contributed by atoms with Crippen LogP contribution in [0.25, 0.3) is 11.0 Å². The van der Waals surface area contributed by atoms with Crippen molar-refractivity contribution in [1.29, 1.82) is 0 Å². The van der Waals surface area contributed by atoms with Crippen LogP contribution in [0, 0.1) is 0 Å². The van der Waals surface area contributed by atoms with E-state index in [4.69, 9.17) is 0 Å². The van der Waals surface area contributed by atoms with Crippen LogP contribution in [0.2, 0.25) is 0 Å². The first-order chi connectivity index (χ1) is 13.0. The third kappa shape index (κ3) is 4.01. The number of fused-ring (bicyclic) bond motifs is 1. The number of benzene rings is 2. The molecule has 3 aromatic rings. The van der Waals surface area contributed by atoms with Crippen LogP contribution in [0.15, 0.2) is 53.4 Å². The predicted molar refractivity (Wildman–Crippen MR) is 104 cm³/mol. The molecule has 1 heterocycles. The number of carbonyl (C=O) groups is 1. The van der Waals surface area contributed by atoms with Gasteiger partial charge in [-0.2, -0.15) is 0 Å². The highest BCUT2D eigenvalue weighted by Gasteiger charge is 2.15. The van der Waals surface area contributed by atoms with E-state index in [1.807, 2.05) is 31.2 Å². The van der Waals surface area contributed by atoms with E-state index in [-0.39, 0.29) is 10.8 Å². The number of nitrogens with zero attached hydrogens (tertiary/aromatic N) is 2. The van der Waals surface area contributed by atoms with E-state index in [1.165, 1.54) is 24.3 Å². The van der Waals surface area contributed by atoms with E-state index >= 15 is 0 Å². The summed E-state index contributed by atoms with van der Waals surface area (Å²) in [5.74, 6) is 0.496. The van der Waals surface area contributed by atoms with Crippen LogP contribution in [0.1, 0.15) is 30.0 Å². The Morgan fingerprint density at radius 1 is 1.07 bits per heavy atom. The minimum atomic E-state index is -3.53. The van der Waals surface area contributed by atoms with Crippen molar-refractivity contribution >= 4 is 27.0 Å². The molecule has 1 amide bonds. The van der Waals surface area contributed by atoms with Gasteiger partial charge in [-0.05, 0) is 43.3 Å². The zero-order valence-corrected chi connectivity index (χ0v) is 16.1. The molecule has 0 spiro atoms. The lowest BCUT2D eigenvalue weighted by Gasteiger charge is -2.09.